The van der Waals surface area contributed by atoms with E-state index in [1.807, 2.05) is 6.92 Å². The molecule has 0 saturated heterocycles. The topological polar surface area (TPSA) is 68.3 Å². The maximum absolute atomic E-state index is 12.1. The van der Waals surface area contributed by atoms with Crippen LogP contribution in [0, 0.1) is 0 Å². The van der Waals surface area contributed by atoms with Gasteiger partial charge in [-0.3, -0.25) is 9.78 Å². The molecule has 2 aromatic heterocycles. The largest absolute Gasteiger partial charge is 0.462 e. The van der Waals surface area contributed by atoms with E-state index in [2.05, 4.69) is 10.3 Å². The van der Waals surface area contributed by atoms with Crippen molar-refractivity contribution in [3.8, 4) is 0 Å². The Balaban J connectivity index is 2.24. The van der Waals surface area contributed by atoms with E-state index in [1.165, 1.54) is 11.3 Å². The van der Waals surface area contributed by atoms with Crippen LogP contribution in [0.1, 0.15) is 39.6 Å². The van der Waals surface area contributed by atoms with E-state index in [1.54, 1.807) is 37.4 Å². The number of esters is 1. The molecule has 0 spiro atoms. The first-order valence-corrected chi connectivity index (χ1v) is 7.49. The van der Waals surface area contributed by atoms with E-state index in [0.29, 0.717) is 22.9 Å². The zero-order valence-corrected chi connectivity index (χ0v) is 12.7. The summed E-state index contributed by atoms with van der Waals surface area (Å²) in [7, 11) is 0. The molecule has 6 heteroatoms. The molecule has 0 aliphatic carbocycles. The van der Waals surface area contributed by atoms with Crippen LogP contribution in [0.15, 0.2) is 30.5 Å². The van der Waals surface area contributed by atoms with Gasteiger partial charge in [0, 0.05) is 11.1 Å². The molecular formula is C15H16N2O3S. The van der Waals surface area contributed by atoms with Crippen molar-refractivity contribution in [3.05, 3.63) is 46.6 Å². The molecule has 21 heavy (non-hydrogen) atoms. The summed E-state index contributed by atoms with van der Waals surface area (Å²) in [5.41, 5.74) is 0.696. The summed E-state index contributed by atoms with van der Waals surface area (Å²) in [6.07, 6.45) is 2.34. The number of hydrogen-bond acceptors (Lipinski definition) is 5. The molecule has 1 amide bonds. The Morgan fingerprint density at radius 3 is 2.76 bits per heavy atom. The van der Waals surface area contributed by atoms with E-state index in [0.717, 1.165) is 11.3 Å². The summed E-state index contributed by atoms with van der Waals surface area (Å²) in [5, 5.41) is 3.24. The van der Waals surface area contributed by atoms with Gasteiger partial charge in [0.15, 0.2) is 0 Å². The van der Waals surface area contributed by atoms with Gasteiger partial charge in [-0.15, -0.1) is 11.3 Å². The van der Waals surface area contributed by atoms with Crippen molar-refractivity contribution in [1.29, 1.82) is 0 Å². The average Bonchev–Trinajstić information content (AvgIpc) is 2.91. The first-order chi connectivity index (χ1) is 10.2. The Kier molecular flexibility index (Phi) is 5.05. The molecular weight excluding hydrogens is 288 g/mol. The van der Waals surface area contributed by atoms with Crippen molar-refractivity contribution >= 4 is 28.2 Å². The molecule has 0 unspecified atom stereocenters. The van der Waals surface area contributed by atoms with Crippen molar-refractivity contribution in [2.24, 2.45) is 0 Å². The van der Waals surface area contributed by atoms with Crippen molar-refractivity contribution in [2.75, 3.05) is 11.9 Å². The molecule has 0 aliphatic heterocycles. The summed E-state index contributed by atoms with van der Waals surface area (Å²) < 4.78 is 5.01. The van der Waals surface area contributed by atoms with Crippen molar-refractivity contribution in [3.63, 3.8) is 0 Å². The third-order valence-corrected chi connectivity index (χ3v) is 3.95. The fraction of sp³-hybridized carbons (Fsp3) is 0.267. The molecule has 5 nitrogen and oxygen atoms in total. The lowest BCUT2D eigenvalue weighted by Gasteiger charge is -2.05. The number of ether oxygens (including phenoxy) is 1. The van der Waals surface area contributed by atoms with Gasteiger partial charge in [-0.25, -0.2) is 4.79 Å². The Morgan fingerprint density at radius 2 is 2.14 bits per heavy atom. The second kappa shape index (κ2) is 6.99. The minimum Gasteiger partial charge on any atom is -0.462 e. The van der Waals surface area contributed by atoms with Crippen molar-refractivity contribution in [2.45, 2.75) is 20.3 Å². The van der Waals surface area contributed by atoms with Gasteiger partial charge in [-0.05, 0) is 31.5 Å². The Bertz CT molecular complexity index is 638. The standard InChI is InChI=1S/C15H16N2O3S/c1-3-10-9-11(15(19)20-4-2)14(21-10)17-13(18)12-7-5-6-8-16-12/h5-9H,3-4H2,1-2H3,(H,17,18). The zero-order chi connectivity index (χ0) is 15.2. The second-order valence-electron chi connectivity index (χ2n) is 4.20. The number of pyridine rings is 1. The van der Waals surface area contributed by atoms with Crippen molar-refractivity contribution in [1.82, 2.24) is 4.98 Å². The first-order valence-electron chi connectivity index (χ1n) is 6.67. The highest BCUT2D eigenvalue weighted by Crippen LogP contribution is 2.29. The third kappa shape index (κ3) is 3.66. The fourth-order valence-electron chi connectivity index (χ4n) is 1.73. The number of hydrogen-bond donors (Lipinski definition) is 1. The number of aromatic nitrogens is 1. The van der Waals surface area contributed by atoms with Gasteiger partial charge >= 0.3 is 5.97 Å². The van der Waals surface area contributed by atoms with Crippen LogP contribution < -0.4 is 5.32 Å². The number of nitrogens with one attached hydrogen (secondary N) is 1. The lowest BCUT2D eigenvalue weighted by molar-refractivity contribution is 0.0528. The third-order valence-electron chi connectivity index (χ3n) is 2.75. The molecule has 0 aliphatic rings. The van der Waals surface area contributed by atoms with E-state index in [4.69, 9.17) is 4.74 Å². The second-order valence-corrected chi connectivity index (χ2v) is 5.34. The van der Waals surface area contributed by atoms with E-state index >= 15 is 0 Å². The lowest BCUT2D eigenvalue weighted by atomic mass is 10.2. The van der Waals surface area contributed by atoms with E-state index in [-0.39, 0.29) is 5.91 Å². The molecule has 0 saturated carbocycles. The number of nitrogens with zero attached hydrogens (tertiary/aromatic N) is 1. The summed E-state index contributed by atoms with van der Waals surface area (Å²) in [6, 6.07) is 6.85. The molecule has 110 valence electrons. The Morgan fingerprint density at radius 1 is 1.33 bits per heavy atom. The molecule has 2 rings (SSSR count). The van der Waals surface area contributed by atoms with Gasteiger partial charge < -0.3 is 10.1 Å². The van der Waals surface area contributed by atoms with Gasteiger partial charge in [-0.2, -0.15) is 0 Å². The highest BCUT2D eigenvalue weighted by Gasteiger charge is 2.19. The monoisotopic (exact) mass is 304 g/mol. The van der Waals surface area contributed by atoms with E-state index in [9.17, 15) is 9.59 Å². The Labute approximate surface area is 127 Å². The number of aryl methyl sites for hydroxylation is 1. The van der Waals surface area contributed by atoms with Gasteiger partial charge in [0.05, 0.1) is 12.2 Å². The molecule has 0 radical (unpaired) electrons. The summed E-state index contributed by atoms with van der Waals surface area (Å²) in [5.74, 6) is -0.768. The van der Waals surface area contributed by atoms with Crippen LogP contribution in [0.25, 0.3) is 0 Å². The number of anilines is 1. The molecule has 0 atom stereocenters. The lowest BCUT2D eigenvalue weighted by Crippen LogP contribution is -2.15. The number of thiophene rings is 1. The van der Waals surface area contributed by atoms with E-state index < -0.39 is 5.97 Å². The minimum atomic E-state index is -0.426. The SMILES string of the molecule is CCOC(=O)c1cc(CC)sc1NC(=O)c1ccccn1. The van der Waals surface area contributed by atoms with Crippen LogP contribution in [-0.4, -0.2) is 23.5 Å². The van der Waals surface area contributed by atoms with Gasteiger partial charge in [-0.1, -0.05) is 13.0 Å². The quantitative estimate of drug-likeness (QED) is 0.862. The minimum absolute atomic E-state index is 0.295. The van der Waals surface area contributed by atoms with Crippen LogP contribution in [0.5, 0.6) is 0 Å². The van der Waals surface area contributed by atoms with Gasteiger partial charge in [0.1, 0.15) is 10.7 Å². The van der Waals surface area contributed by atoms with Gasteiger partial charge in [0.2, 0.25) is 0 Å². The summed E-state index contributed by atoms with van der Waals surface area (Å²) >= 11 is 1.38. The van der Waals surface area contributed by atoms with Crippen LogP contribution in [-0.2, 0) is 11.2 Å². The van der Waals surface area contributed by atoms with Crippen LogP contribution in [0.4, 0.5) is 5.00 Å². The molecule has 0 fully saturated rings. The Hall–Kier alpha value is -2.21. The summed E-state index contributed by atoms with van der Waals surface area (Å²) in [4.78, 5) is 29.1. The maximum Gasteiger partial charge on any atom is 0.341 e. The fourth-order valence-corrected chi connectivity index (χ4v) is 2.71. The highest BCUT2D eigenvalue weighted by molar-refractivity contribution is 7.16. The predicted octanol–water partition coefficient (Wildman–Crippen LogP) is 3.13. The van der Waals surface area contributed by atoms with Crippen LogP contribution in [0.3, 0.4) is 0 Å². The average molecular weight is 304 g/mol. The molecule has 2 heterocycles. The van der Waals surface area contributed by atoms with Crippen molar-refractivity contribution < 1.29 is 14.3 Å². The number of carbonyl (C=O) groups is 2. The normalized spacial score (nSPS) is 10.2. The first kappa shape index (κ1) is 15.2. The van der Waals surface area contributed by atoms with Gasteiger partial charge in [0.25, 0.3) is 5.91 Å². The van der Waals surface area contributed by atoms with Crippen LogP contribution in [0.2, 0.25) is 0 Å². The predicted molar refractivity (Wildman–Crippen MR) is 81.8 cm³/mol. The molecule has 0 bridgehead atoms. The smallest absolute Gasteiger partial charge is 0.341 e. The number of carbonyl (C=O) groups excluding carboxylic acids is 2. The van der Waals surface area contributed by atoms with Crippen LogP contribution >= 0.6 is 11.3 Å². The summed E-state index contributed by atoms with van der Waals surface area (Å²) in [6.45, 7) is 4.03. The molecule has 1 N–H and O–H groups in total. The zero-order valence-electron chi connectivity index (χ0n) is 11.9. The molecule has 0 aromatic carbocycles. The highest BCUT2D eigenvalue weighted by atomic mass is 32.1. The number of amides is 1. The molecule has 2 aromatic rings. The number of rotatable bonds is 5. The maximum atomic E-state index is 12.1.